The average Bonchev–Trinajstić information content (AvgIpc) is 2.47. The molecule has 1 aliphatic carbocycles. The highest BCUT2D eigenvalue weighted by molar-refractivity contribution is 9.09. The van der Waals surface area contributed by atoms with Gasteiger partial charge in [0.05, 0.1) is 18.2 Å². The molecule has 1 amide bonds. The highest BCUT2D eigenvalue weighted by Gasteiger charge is 2.36. The number of hydrogen-bond acceptors (Lipinski definition) is 2. The number of methoxy groups -OCH3 is 1. The third-order valence-electron chi connectivity index (χ3n) is 4.13. The van der Waals surface area contributed by atoms with Crippen molar-refractivity contribution in [2.24, 2.45) is 5.92 Å². The van der Waals surface area contributed by atoms with Crippen LogP contribution in [0.4, 0.5) is 0 Å². The van der Waals surface area contributed by atoms with Gasteiger partial charge in [-0.05, 0) is 37.0 Å². The van der Waals surface area contributed by atoms with Crippen LogP contribution in [0.15, 0.2) is 18.2 Å². The van der Waals surface area contributed by atoms with Crippen LogP contribution < -0.4 is 10.1 Å². The lowest BCUT2D eigenvalue weighted by atomic mass is 9.77. The number of hydrogen-bond donors (Lipinski definition) is 1. The summed E-state index contributed by atoms with van der Waals surface area (Å²) in [5.41, 5.74) is 0.311. The molecule has 0 saturated heterocycles. The Balaban J connectivity index is 2.22. The lowest BCUT2D eigenvalue weighted by Gasteiger charge is -2.39. The van der Waals surface area contributed by atoms with Gasteiger partial charge in [-0.3, -0.25) is 4.79 Å². The van der Waals surface area contributed by atoms with Crippen molar-refractivity contribution in [2.75, 3.05) is 12.4 Å². The van der Waals surface area contributed by atoms with Crippen LogP contribution in [0.25, 0.3) is 0 Å². The van der Waals surface area contributed by atoms with E-state index in [0.717, 1.165) is 24.6 Å². The van der Waals surface area contributed by atoms with Crippen molar-refractivity contribution in [2.45, 2.75) is 38.1 Å². The second-order valence-corrected chi connectivity index (χ2v) is 6.91. The number of halogens is 2. The number of alkyl halides is 1. The Morgan fingerprint density at radius 3 is 2.95 bits per heavy atom. The van der Waals surface area contributed by atoms with E-state index in [1.807, 2.05) is 0 Å². The highest BCUT2D eigenvalue weighted by Crippen LogP contribution is 2.34. The smallest absolute Gasteiger partial charge is 0.255 e. The molecule has 2 unspecified atom stereocenters. The predicted molar refractivity (Wildman–Crippen MR) is 89.6 cm³/mol. The molecule has 1 fully saturated rings. The molecule has 0 spiro atoms. The van der Waals surface area contributed by atoms with Crippen molar-refractivity contribution >= 4 is 33.4 Å². The van der Waals surface area contributed by atoms with Crippen molar-refractivity contribution in [1.82, 2.24) is 5.32 Å². The molecule has 0 aliphatic heterocycles. The summed E-state index contributed by atoms with van der Waals surface area (Å²) in [4.78, 5) is 12.6. The second kappa shape index (κ2) is 7.01. The maximum Gasteiger partial charge on any atom is 0.255 e. The molecule has 2 atom stereocenters. The first-order valence-electron chi connectivity index (χ1n) is 7.22. The van der Waals surface area contributed by atoms with Gasteiger partial charge in [-0.2, -0.15) is 0 Å². The van der Waals surface area contributed by atoms with Crippen LogP contribution >= 0.6 is 27.5 Å². The first kappa shape index (κ1) is 16.6. The van der Waals surface area contributed by atoms with Gasteiger partial charge in [-0.25, -0.2) is 0 Å². The zero-order chi connectivity index (χ0) is 15.5. The molecule has 0 bridgehead atoms. The number of carbonyl (C=O) groups is 1. The van der Waals surface area contributed by atoms with E-state index < -0.39 is 0 Å². The van der Waals surface area contributed by atoms with E-state index in [1.165, 1.54) is 6.42 Å². The van der Waals surface area contributed by atoms with Crippen LogP contribution in [-0.2, 0) is 0 Å². The Morgan fingerprint density at radius 1 is 1.57 bits per heavy atom. The van der Waals surface area contributed by atoms with E-state index in [-0.39, 0.29) is 11.4 Å². The number of benzene rings is 1. The van der Waals surface area contributed by atoms with Crippen LogP contribution in [-0.4, -0.2) is 23.9 Å². The quantitative estimate of drug-likeness (QED) is 0.792. The van der Waals surface area contributed by atoms with Crippen molar-refractivity contribution in [3.05, 3.63) is 28.8 Å². The van der Waals surface area contributed by atoms with Gasteiger partial charge >= 0.3 is 0 Å². The van der Waals surface area contributed by atoms with Gasteiger partial charge in [0.2, 0.25) is 0 Å². The summed E-state index contributed by atoms with van der Waals surface area (Å²) in [6, 6.07) is 5.10. The van der Waals surface area contributed by atoms with Crippen LogP contribution in [0.5, 0.6) is 5.75 Å². The zero-order valence-electron chi connectivity index (χ0n) is 12.4. The number of ether oxygens (including phenoxy) is 1. The first-order valence-corrected chi connectivity index (χ1v) is 8.71. The molecule has 3 nitrogen and oxygen atoms in total. The Labute approximate surface area is 139 Å². The SMILES string of the molecule is COc1ccc(Cl)cc1C(=O)NC1(CBr)CCCC(C)C1. The Kier molecular flexibility index (Phi) is 5.55. The minimum Gasteiger partial charge on any atom is -0.496 e. The van der Waals surface area contributed by atoms with E-state index in [9.17, 15) is 4.79 Å². The number of rotatable bonds is 4. The summed E-state index contributed by atoms with van der Waals surface area (Å²) in [7, 11) is 1.56. The van der Waals surface area contributed by atoms with Gasteiger partial charge in [0, 0.05) is 10.4 Å². The van der Waals surface area contributed by atoms with Gasteiger partial charge in [0.25, 0.3) is 5.91 Å². The van der Waals surface area contributed by atoms with Crippen molar-refractivity contribution < 1.29 is 9.53 Å². The molecule has 1 N–H and O–H groups in total. The number of amides is 1. The summed E-state index contributed by atoms with van der Waals surface area (Å²) >= 11 is 9.58. The molecule has 116 valence electrons. The molecule has 1 aliphatic rings. The zero-order valence-corrected chi connectivity index (χ0v) is 14.8. The minimum absolute atomic E-state index is 0.122. The molecule has 0 aromatic heterocycles. The molecule has 1 saturated carbocycles. The van der Waals surface area contributed by atoms with E-state index in [4.69, 9.17) is 16.3 Å². The summed E-state index contributed by atoms with van der Waals surface area (Å²) < 4.78 is 5.27. The molecule has 1 aromatic rings. The third kappa shape index (κ3) is 3.92. The van der Waals surface area contributed by atoms with Crippen LogP contribution in [0, 0.1) is 5.92 Å². The van der Waals surface area contributed by atoms with Gasteiger partial charge in [0.1, 0.15) is 5.75 Å². The standard InChI is InChI=1S/C16H21BrClNO2/c1-11-4-3-7-16(9-11,10-17)19-15(20)13-8-12(18)5-6-14(13)21-2/h5-6,8,11H,3-4,7,9-10H2,1-2H3,(H,19,20). The highest BCUT2D eigenvalue weighted by atomic mass is 79.9. The molecule has 5 heteroatoms. The third-order valence-corrected chi connectivity index (χ3v) is 5.44. The Hall–Kier alpha value is -0.740. The van der Waals surface area contributed by atoms with Crippen LogP contribution in [0.2, 0.25) is 5.02 Å². The molecular formula is C16H21BrClNO2. The lowest BCUT2D eigenvalue weighted by molar-refractivity contribution is 0.0866. The molecule has 21 heavy (non-hydrogen) atoms. The Morgan fingerprint density at radius 2 is 2.33 bits per heavy atom. The normalized spacial score (nSPS) is 25.4. The Bertz CT molecular complexity index is 523. The first-order chi connectivity index (χ1) is 9.99. The van der Waals surface area contributed by atoms with Crippen molar-refractivity contribution in [3.8, 4) is 5.75 Å². The predicted octanol–water partition coefficient (Wildman–Crippen LogP) is 4.42. The summed E-state index contributed by atoms with van der Waals surface area (Å²) in [6.07, 6.45) is 4.36. The number of carbonyl (C=O) groups excluding carboxylic acids is 1. The van der Waals surface area contributed by atoms with E-state index in [2.05, 4.69) is 28.2 Å². The largest absolute Gasteiger partial charge is 0.496 e. The van der Waals surface area contributed by atoms with E-state index in [0.29, 0.717) is 22.3 Å². The molecular weight excluding hydrogens is 354 g/mol. The fourth-order valence-electron chi connectivity index (χ4n) is 3.09. The van der Waals surface area contributed by atoms with Gasteiger partial charge < -0.3 is 10.1 Å². The van der Waals surface area contributed by atoms with E-state index >= 15 is 0 Å². The van der Waals surface area contributed by atoms with Crippen LogP contribution in [0.3, 0.4) is 0 Å². The summed E-state index contributed by atoms with van der Waals surface area (Å²) in [5.74, 6) is 1.05. The number of nitrogens with one attached hydrogen (secondary N) is 1. The second-order valence-electron chi connectivity index (χ2n) is 5.91. The van der Waals surface area contributed by atoms with Crippen molar-refractivity contribution in [3.63, 3.8) is 0 Å². The van der Waals surface area contributed by atoms with Gasteiger partial charge in [-0.15, -0.1) is 0 Å². The van der Waals surface area contributed by atoms with Gasteiger partial charge in [-0.1, -0.05) is 47.3 Å². The maximum atomic E-state index is 12.6. The topological polar surface area (TPSA) is 38.3 Å². The molecule has 1 aromatic carbocycles. The maximum absolute atomic E-state index is 12.6. The molecule has 0 radical (unpaired) electrons. The van der Waals surface area contributed by atoms with Gasteiger partial charge in [0.15, 0.2) is 0 Å². The summed E-state index contributed by atoms with van der Waals surface area (Å²) in [6.45, 7) is 2.24. The summed E-state index contributed by atoms with van der Waals surface area (Å²) in [5, 5.41) is 4.50. The molecule has 0 heterocycles. The van der Waals surface area contributed by atoms with E-state index in [1.54, 1.807) is 25.3 Å². The average molecular weight is 375 g/mol. The van der Waals surface area contributed by atoms with Crippen LogP contribution in [0.1, 0.15) is 43.0 Å². The fraction of sp³-hybridized carbons (Fsp3) is 0.562. The monoisotopic (exact) mass is 373 g/mol. The minimum atomic E-state index is -0.178. The van der Waals surface area contributed by atoms with Crippen molar-refractivity contribution in [1.29, 1.82) is 0 Å². The fourth-order valence-corrected chi connectivity index (χ4v) is 3.92. The lowest BCUT2D eigenvalue weighted by Crippen LogP contribution is -2.52. The molecule has 2 rings (SSSR count).